The van der Waals surface area contributed by atoms with Gasteiger partial charge in [-0.15, -0.1) is 0 Å². The van der Waals surface area contributed by atoms with E-state index in [-0.39, 0.29) is 0 Å². The van der Waals surface area contributed by atoms with Crippen LogP contribution in [-0.2, 0) is 4.84 Å². The summed E-state index contributed by atoms with van der Waals surface area (Å²) in [6.45, 7) is 3.21. The summed E-state index contributed by atoms with van der Waals surface area (Å²) < 4.78 is 0. The number of benzene rings is 1. The predicted octanol–water partition coefficient (Wildman–Crippen LogP) is 1.37. The Hall–Kier alpha value is -1.06. The molecule has 2 fully saturated rings. The van der Waals surface area contributed by atoms with E-state index in [0.29, 0.717) is 12.0 Å². The Bertz CT molecular complexity index is 327. The van der Waals surface area contributed by atoms with Crippen LogP contribution in [0, 0.1) is 5.92 Å². The molecule has 2 heterocycles. The highest BCUT2D eigenvalue weighted by Crippen LogP contribution is 2.30. The lowest BCUT2D eigenvalue weighted by Crippen LogP contribution is -2.26. The number of rotatable bonds is 1. The lowest BCUT2D eigenvalue weighted by Gasteiger charge is -2.20. The molecule has 3 nitrogen and oxygen atoms in total. The Balaban J connectivity index is 1.73. The molecule has 0 aromatic heterocycles. The lowest BCUT2D eigenvalue weighted by atomic mass is 10.1. The molecule has 2 saturated heterocycles. The second-order valence-corrected chi connectivity index (χ2v) is 4.45. The minimum absolute atomic E-state index is 0.398. The van der Waals surface area contributed by atoms with Gasteiger partial charge in [0.25, 0.3) is 0 Å². The zero-order valence-corrected chi connectivity index (χ0v) is 8.97. The summed E-state index contributed by atoms with van der Waals surface area (Å²) in [4.78, 5) is 8.15. The molecule has 0 spiro atoms. The Morgan fingerprint density at radius 3 is 2.67 bits per heavy atom. The van der Waals surface area contributed by atoms with E-state index in [1.54, 1.807) is 0 Å². The van der Waals surface area contributed by atoms with Crippen molar-refractivity contribution in [2.24, 2.45) is 5.92 Å². The molecular weight excluding hydrogens is 188 g/mol. The Kier molecular flexibility index (Phi) is 2.15. The number of para-hydroxylation sites is 1. The fourth-order valence-electron chi connectivity index (χ4n) is 2.59. The van der Waals surface area contributed by atoms with Crippen molar-refractivity contribution in [1.29, 1.82) is 0 Å². The molecule has 0 N–H and O–H groups in total. The first kappa shape index (κ1) is 9.19. The van der Waals surface area contributed by atoms with Crippen molar-refractivity contribution >= 4 is 5.69 Å². The largest absolute Gasteiger partial charge is 0.368 e. The van der Waals surface area contributed by atoms with E-state index in [0.717, 1.165) is 19.6 Å². The van der Waals surface area contributed by atoms with Gasteiger partial charge in [0.15, 0.2) is 0 Å². The molecule has 0 saturated carbocycles. The van der Waals surface area contributed by atoms with E-state index < -0.39 is 0 Å². The van der Waals surface area contributed by atoms with E-state index in [1.807, 2.05) is 12.1 Å². The molecule has 0 aliphatic carbocycles. The van der Waals surface area contributed by atoms with Crippen LogP contribution in [0.5, 0.6) is 0 Å². The fraction of sp³-hybridized carbons (Fsp3) is 0.500. The summed E-state index contributed by atoms with van der Waals surface area (Å²) in [5, 5.41) is 1.97. The van der Waals surface area contributed by atoms with Crippen LogP contribution in [0.2, 0.25) is 0 Å². The van der Waals surface area contributed by atoms with Gasteiger partial charge in [-0.1, -0.05) is 18.2 Å². The first-order valence-corrected chi connectivity index (χ1v) is 5.51. The SMILES string of the molecule is CN1CC2CN(c3ccccc3)CC2O1. The van der Waals surface area contributed by atoms with Crippen molar-refractivity contribution in [1.82, 2.24) is 5.06 Å². The first-order chi connectivity index (χ1) is 7.33. The van der Waals surface area contributed by atoms with Crippen molar-refractivity contribution in [3.05, 3.63) is 30.3 Å². The summed E-state index contributed by atoms with van der Waals surface area (Å²) in [5.41, 5.74) is 1.32. The predicted molar refractivity (Wildman–Crippen MR) is 59.6 cm³/mol. The van der Waals surface area contributed by atoms with Crippen molar-refractivity contribution in [3.63, 3.8) is 0 Å². The van der Waals surface area contributed by atoms with Gasteiger partial charge in [-0.2, -0.15) is 5.06 Å². The average Bonchev–Trinajstić information content (AvgIpc) is 2.76. The third-order valence-electron chi connectivity index (χ3n) is 3.31. The topological polar surface area (TPSA) is 15.7 Å². The fourth-order valence-corrected chi connectivity index (χ4v) is 2.59. The third kappa shape index (κ3) is 1.62. The molecule has 1 aromatic rings. The number of hydrogen-bond acceptors (Lipinski definition) is 3. The smallest absolute Gasteiger partial charge is 0.102 e. The zero-order valence-electron chi connectivity index (χ0n) is 8.97. The minimum atomic E-state index is 0.398. The molecule has 0 radical (unpaired) electrons. The van der Waals surface area contributed by atoms with Crippen LogP contribution < -0.4 is 4.90 Å². The van der Waals surface area contributed by atoms with E-state index in [2.05, 4.69) is 35.2 Å². The Morgan fingerprint density at radius 1 is 1.13 bits per heavy atom. The second kappa shape index (κ2) is 3.51. The standard InChI is InChI=1S/C12H16N2O/c1-13-7-10-8-14(9-12(10)15-13)11-5-3-2-4-6-11/h2-6,10,12H,7-9H2,1H3. The number of nitrogens with zero attached hydrogens (tertiary/aromatic N) is 2. The Morgan fingerprint density at radius 2 is 1.93 bits per heavy atom. The van der Waals surface area contributed by atoms with Gasteiger partial charge in [0.1, 0.15) is 6.10 Å². The molecular formula is C12H16N2O. The minimum Gasteiger partial charge on any atom is -0.368 e. The van der Waals surface area contributed by atoms with Gasteiger partial charge in [-0.3, -0.25) is 4.84 Å². The van der Waals surface area contributed by atoms with E-state index in [9.17, 15) is 0 Å². The van der Waals surface area contributed by atoms with Gasteiger partial charge < -0.3 is 4.90 Å². The maximum atomic E-state index is 5.73. The number of anilines is 1. The highest BCUT2D eigenvalue weighted by atomic mass is 16.7. The van der Waals surface area contributed by atoms with Gasteiger partial charge in [0, 0.05) is 38.3 Å². The van der Waals surface area contributed by atoms with Crippen LogP contribution in [0.3, 0.4) is 0 Å². The van der Waals surface area contributed by atoms with Crippen LogP contribution in [0.15, 0.2) is 30.3 Å². The third-order valence-corrected chi connectivity index (χ3v) is 3.31. The van der Waals surface area contributed by atoms with Gasteiger partial charge in [0.05, 0.1) is 0 Å². The van der Waals surface area contributed by atoms with Crippen molar-refractivity contribution in [3.8, 4) is 0 Å². The maximum Gasteiger partial charge on any atom is 0.102 e. The molecule has 2 aliphatic heterocycles. The summed E-state index contributed by atoms with van der Waals surface area (Å²) in [6.07, 6.45) is 0.398. The van der Waals surface area contributed by atoms with Crippen LogP contribution in [0.1, 0.15) is 0 Å². The molecule has 0 amide bonds. The van der Waals surface area contributed by atoms with Crippen LogP contribution >= 0.6 is 0 Å². The molecule has 2 unspecified atom stereocenters. The quantitative estimate of drug-likeness (QED) is 0.687. The molecule has 2 aliphatic rings. The normalized spacial score (nSPS) is 30.9. The van der Waals surface area contributed by atoms with Gasteiger partial charge in [0.2, 0.25) is 0 Å². The zero-order chi connectivity index (χ0) is 10.3. The number of hydrogen-bond donors (Lipinski definition) is 0. The maximum absolute atomic E-state index is 5.73. The average molecular weight is 204 g/mol. The van der Waals surface area contributed by atoms with Gasteiger partial charge >= 0.3 is 0 Å². The van der Waals surface area contributed by atoms with Gasteiger partial charge in [-0.05, 0) is 12.1 Å². The van der Waals surface area contributed by atoms with Crippen LogP contribution in [0.25, 0.3) is 0 Å². The molecule has 15 heavy (non-hydrogen) atoms. The van der Waals surface area contributed by atoms with E-state index in [1.165, 1.54) is 5.69 Å². The highest BCUT2D eigenvalue weighted by Gasteiger charge is 2.40. The summed E-state index contributed by atoms with van der Waals surface area (Å²) in [6, 6.07) is 10.6. The van der Waals surface area contributed by atoms with Crippen molar-refractivity contribution < 1.29 is 4.84 Å². The molecule has 0 bridgehead atoms. The number of hydroxylamine groups is 2. The van der Waals surface area contributed by atoms with E-state index in [4.69, 9.17) is 4.84 Å². The van der Waals surface area contributed by atoms with Crippen LogP contribution in [-0.4, -0.2) is 37.8 Å². The summed E-state index contributed by atoms with van der Waals surface area (Å²) in [5.74, 6) is 0.676. The Labute approximate surface area is 90.2 Å². The lowest BCUT2D eigenvalue weighted by molar-refractivity contribution is -0.122. The first-order valence-electron chi connectivity index (χ1n) is 5.51. The van der Waals surface area contributed by atoms with Crippen molar-refractivity contribution in [2.45, 2.75) is 6.10 Å². The summed E-state index contributed by atoms with van der Waals surface area (Å²) in [7, 11) is 2.02. The molecule has 2 atom stereocenters. The number of fused-ring (bicyclic) bond motifs is 1. The van der Waals surface area contributed by atoms with Crippen molar-refractivity contribution in [2.75, 3.05) is 31.6 Å². The molecule has 3 heteroatoms. The highest BCUT2D eigenvalue weighted by molar-refractivity contribution is 5.47. The molecule has 1 aromatic carbocycles. The molecule has 80 valence electrons. The van der Waals surface area contributed by atoms with E-state index >= 15 is 0 Å². The molecule has 3 rings (SSSR count). The second-order valence-electron chi connectivity index (χ2n) is 4.45. The monoisotopic (exact) mass is 204 g/mol. The van der Waals surface area contributed by atoms with Gasteiger partial charge in [-0.25, -0.2) is 0 Å². The van der Waals surface area contributed by atoms with Crippen LogP contribution in [0.4, 0.5) is 5.69 Å². The summed E-state index contributed by atoms with van der Waals surface area (Å²) >= 11 is 0.